The molecule has 0 spiro atoms. The van der Waals surface area contributed by atoms with Crippen LogP contribution in [0.2, 0.25) is 0 Å². The number of carboxylic acid groups (broad SMARTS) is 1. The molecule has 2 nitrogen and oxygen atoms in total. The number of carboxylic acids is 1. The van der Waals surface area contributed by atoms with Crippen LogP contribution in [0.5, 0.6) is 0 Å². The quantitative estimate of drug-likeness (QED) is 0.756. The van der Waals surface area contributed by atoms with Gasteiger partial charge < -0.3 is 5.11 Å². The second-order valence-electron chi connectivity index (χ2n) is 5.89. The van der Waals surface area contributed by atoms with Gasteiger partial charge in [0.25, 0.3) is 0 Å². The molecule has 0 bridgehead atoms. The number of carbonyl (C=O) groups is 1. The number of hydrogen-bond donors (Lipinski definition) is 1. The minimum atomic E-state index is -0.823. The van der Waals surface area contributed by atoms with Gasteiger partial charge in [-0.3, -0.25) is 4.79 Å². The van der Waals surface area contributed by atoms with Crippen LogP contribution in [0.1, 0.15) is 50.7 Å². The maximum absolute atomic E-state index is 11.7. The van der Waals surface area contributed by atoms with Gasteiger partial charge in [0.2, 0.25) is 0 Å². The predicted octanol–water partition coefficient (Wildman–Crippen LogP) is 4.17. The molecule has 0 amide bonds. The van der Waals surface area contributed by atoms with Crippen molar-refractivity contribution < 1.29 is 9.90 Å². The van der Waals surface area contributed by atoms with E-state index in [9.17, 15) is 9.90 Å². The lowest BCUT2D eigenvalue weighted by molar-refractivity contribution is -0.143. The summed E-state index contributed by atoms with van der Waals surface area (Å²) in [6, 6.07) is 7.79. The van der Waals surface area contributed by atoms with E-state index in [2.05, 4.69) is 12.8 Å². The number of aliphatic carboxylic acids is 1. The Kier molecular flexibility index (Phi) is 5.82. The smallest absolute Gasteiger partial charge is 0.313 e. The fraction of sp³-hybridized carbons (Fsp3) is 0.500. The molecule has 0 aliphatic carbocycles. The van der Waals surface area contributed by atoms with E-state index in [-0.39, 0.29) is 0 Å². The highest BCUT2D eigenvalue weighted by Crippen LogP contribution is 2.32. The van der Waals surface area contributed by atoms with Crippen molar-refractivity contribution in [2.24, 2.45) is 5.92 Å². The summed E-state index contributed by atoms with van der Waals surface area (Å²) in [5, 5.41) is 9.63. The summed E-state index contributed by atoms with van der Waals surface area (Å²) in [6.07, 6.45) is 8.50. The number of aryl methyl sites for hydroxylation is 1. The molecule has 0 radical (unpaired) electrons. The van der Waals surface area contributed by atoms with Crippen molar-refractivity contribution in [3.8, 4) is 12.3 Å². The number of terminal acetylenes is 1. The van der Waals surface area contributed by atoms with Crippen LogP contribution in [0.3, 0.4) is 0 Å². The first-order chi connectivity index (χ1) is 9.40. The third-order valence-corrected chi connectivity index (χ3v) is 4.05. The Bertz CT molecular complexity index is 498. The highest BCUT2D eigenvalue weighted by molar-refractivity contribution is 5.80. The van der Waals surface area contributed by atoms with E-state index in [1.165, 1.54) is 0 Å². The molecule has 0 fully saturated rings. The van der Waals surface area contributed by atoms with E-state index < -0.39 is 11.4 Å². The molecular formula is C18H24O2. The van der Waals surface area contributed by atoms with Crippen molar-refractivity contribution in [1.82, 2.24) is 0 Å². The molecule has 20 heavy (non-hydrogen) atoms. The molecule has 1 N–H and O–H groups in total. The molecule has 108 valence electrons. The first-order valence-electron chi connectivity index (χ1n) is 7.14. The van der Waals surface area contributed by atoms with Crippen LogP contribution in [0.25, 0.3) is 0 Å². The van der Waals surface area contributed by atoms with Crippen LogP contribution in [0.4, 0.5) is 0 Å². The van der Waals surface area contributed by atoms with Crippen LogP contribution in [-0.4, -0.2) is 11.1 Å². The minimum Gasteiger partial charge on any atom is -0.481 e. The van der Waals surface area contributed by atoms with E-state index in [1.807, 2.05) is 38.1 Å². The van der Waals surface area contributed by atoms with E-state index in [1.54, 1.807) is 0 Å². The summed E-state index contributed by atoms with van der Waals surface area (Å²) in [5.74, 6) is 2.34. The Morgan fingerprint density at radius 2 is 2.15 bits per heavy atom. The third kappa shape index (κ3) is 4.13. The maximum Gasteiger partial charge on any atom is 0.313 e. The second kappa shape index (κ2) is 7.14. The average Bonchev–Trinajstić information content (AvgIpc) is 2.42. The van der Waals surface area contributed by atoms with Gasteiger partial charge >= 0.3 is 5.97 Å². The molecule has 2 heteroatoms. The van der Waals surface area contributed by atoms with Crippen molar-refractivity contribution in [2.45, 2.75) is 51.9 Å². The molecule has 0 saturated carbocycles. The molecule has 0 aliphatic rings. The zero-order valence-corrected chi connectivity index (χ0v) is 12.6. The summed E-state index contributed by atoms with van der Waals surface area (Å²) < 4.78 is 0. The number of rotatable bonds is 7. The monoisotopic (exact) mass is 272 g/mol. The van der Waals surface area contributed by atoms with Gasteiger partial charge in [0.1, 0.15) is 0 Å². The van der Waals surface area contributed by atoms with Gasteiger partial charge in [-0.05, 0) is 44.6 Å². The molecular weight excluding hydrogens is 248 g/mol. The van der Waals surface area contributed by atoms with Gasteiger partial charge in [0, 0.05) is 6.42 Å². The van der Waals surface area contributed by atoms with Crippen molar-refractivity contribution >= 4 is 5.97 Å². The van der Waals surface area contributed by atoms with Crippen LogP contribution in [0.15, 0.2) is 24.3 Å². The standard InChI is InChI=1S/C18H24O2/c1-5-6-8-14(2)11-12-18(4,17(19)20)16-10-7-9-15(3)13-16/h1,7,9-10,13-14H,6,8,11-12H2,2-4H3,(H,19,20). The molecule has 0 heterocycles. The molecule has 0 aromatic heterocycles. The highest BCUT2D eigenvalue weighted by atomic mass is 16.4. The minimum absolute atomic E-state index is 0.453. The largest absolute Gasteiger partial charge is 0.481 e. The number of hydrogen-bond acceptors (Lipinski definition) is 1. The van der Waals surface area contributed by atoms with Crippen LogP contribution in [0, 0.1) is 25.2 Å². The van der Waals surface area contributed by atoms with Gasteiger partial charge in [-0.15, -0.1) is 12.3 Å². The predicted molar refractivity (Wildman–Crippen MR) is 82.6 cm³/mol. The van der Waals surface area contributed by atoms with E-state index in [0.717, 1.165) is 30.4 Å². The lowest BCUT2D eigenvalue weighted by Crippen LogP contribution is -2.33. The molecule has 0 saturated heterocycles. The van der Waals surface area contributed by atoms with E-state index in [4.69, 9.17) is 6.42 Å². The molecule has 0 aliphatic heterocycles. The molecule has 1 rings (SSSR count). The van der Waals surface area contributed by atoms with Crippen molar-refractivity contribution in [3.63, 3.8) is 0 Å². The Morgan fingerprint density at radius 3 is 2.70 bits per heavy atom. The summed E-state index contributed by atoms with van der Waals surface area (Å²) in [6.45, 7) is 5.94. The van der Waals surface area contributed by atoms with Crippen molar-refractivity contribution in [3.05, 3.63) is 35.4 Å². The molecule has 1 aromatic rings. The summed E-state index contributed by atoms with van der Waals surface area (Å²) in [4.78, 5) is 11.7. The molecule has 2 unspecified atom stereocenters. The van der Waals surface area contributed by atoms with Gasteiger partial charge in [0.05, 0.1) is 5.41 Å². The Morgan fingerprint density at radius 1 is 1.45 bits per heavy atom. The molecule has 1 aromatic carbocycles. The maximum atomic E-state index is 11.7. The van der Waals surface area contributed by atoms with Gasteiger partial charge in [-0.25, -0.2) is 0 Å². The topological polar surface area (TPSA) is 37.3 Å². The molecule has 2 atom stereocenters. The third-order valence-electron chi connectivity index (χ3n) is 4.05. The Hall–Kier alpha value is -1.75. The highest BCUT2D eigenvalue weighted by Gasteiger charge is 2.35. The fourth-order valence-electron chi connectivity index (χ4n) is 2.37. The Balaban J connectivity index is 2.83. The Labute approximate surface area is 122 Å². The van der Waals surface area contributed by atoms with Crippen molar-refractivity contribution in [1.29, 1.82) is 0 Å². The second-order valence-corrected chi connectivity index (χ2v) is 5.89. The SMILES string of the molecule is C#CCCC(C)CCC(C)(C(=O)O)c1cccc(C)c1. The zero-order valence-electron chi connectivity index (χ0n) is 12.6. The summed E-state index contributed by atoms with van der Waals surface area (Å²) in [5.41, 5.74) is 1.15. The lowest BCUT2D eigenvalue weighted by atomic mass is 9.76. The van der Waals surface area contributed by atoms with Gasteiger partial charge in [-0.1, -0.05) is 36.8 Å². The van der Waals surface area contributed by atoms with Gasteiger partial charge in [0.15, 0.2) is 0 Å². The average molecular weight is 272 g/mol. The fourth-order valence-corrected chi connectivity index (χ4v) is 2.37. The van der Waals surface area contributed by atoms with Crippen LogP contribution < -0.4 is 0 Å². The van der Waals surface area contributed by atoms with Crippen molar-refractivity contribution in [2.75, 3.05) is 0 Å². The van der Waals surface area contributed by atoms with E-state index >= 15 is 0 Å². The zero-order chi connectivity index (χ0) is 15.2. The summed E-state index contributed by atoms with van der Waals surface area (Å²) >= 11 is 0. The normalized spacial score (nSPS) is 15.1. The lowest BCUT2D eigenvalue weighted by Gasteiger charge is -2.27. The van der Waals surface area contributed by atoms with Crippen LogP contribution in [-0.2, 0) is 10.2 Å². The first kappa shape index (κ1) is 16.3. The van der Waals surface area contributed by atoms with Gasteiger partial charge in [-0.2, -0.15) is 0 Å². The number of benzene rings is 1. The van der Waals surface area contributed by atoms with E-state index in [0.29, 0.717) is 12.3 Å². The summed E-state index contributed by atoms with van der Waals surface area (Å²) in [7, 11) is 0. The van der Waals surface area contributed by atoms with Crippen LogP contribution >= 0.6 is 0 Å². The first-order valence-corrected chi connectivity index (χ1v) is 7.14.